The third-order valence-electron chi connectivity index (χ3n) is 1.90. The number of hydrogen-bond acceptors (Lipinski definition) is 2. The fourth-order valence-electron chi connectivity index (χ4n) is 1.11. The van der Waals surface area contributed by atoms with E-state index in [0.717, 1.165) is 17.5 Å². The molecule has 0 spiro atoms. The zero-order chi connectivity index (χ0) is 8.43. The first-order chi connectivity index (χ1) is 5.16. The van der Waals surface area contributed by atoms with Crippen molar-refractivity contribution in [1.29, 1.82) is 0 Å². The number of phenols is 2. The summed E-state index contributed by atoms with van der Waals surface area (Å²) in [5, 5.41) is 18.3. The van der Waals surface area contributed by atoms with Crippen molar-refractivity contribution in [2.24, 2.45) is 0 Å². The quantitative estimate of drug-likeness (QED) is 0.604. The van der Waals surface area contributed by atoms with Crippen LogP contribution in [-0.4, -0.2) is 10.2 Å². The molecule has 2 N–H and O–H groups in total. The van der Waals surface area contributed by atoms with E-state index in [1.807, 2.05) is 13.0 Å². The number of aryl methyl sites for hydroxylation is 1. The molecule has 60 valence electrons. The monoisotopic (exact) mass is 152 g/mol. The summed E-state index contributed by atoms with van der Waals surface area (Å²) < 4.78 is 0. The summed E-state index contributed by atoms with van der Waals surface area (Å²) >= 11 is 0. The SMILES string of the molecule is CCc1ccc(O)c(O)c1C. The molecule has 0 bridgehead atoms. The van der Waals surface area contributed by atoms with Crippen molar-refractivity contribution in [3.05, 3.63) is 23.3 Å². The summed E-state index contributed by atoms with van der Waals surface area (Å²) in [6, 6.07) is 3.34. The molecule has 1 aromatic rings. The largest absolute Gasteiger partial charge is 0.504 e. The number of aromatic hydroxyl groups is 2. The Balaban J connectivity index is 3.25. The molecule has 1 aromatic carbocycles. The Morgan fingerprint density at radius 1 is 1.27 bits per heavy atom. The Hall–Kier alpha value is -1.18. The van der Waals surface area contributed by atoms with Gasteiger partial charge in [-0.2, -0.15) is 0 Å². The third kappa shape index (κ3) is 1.29. The van der Waals surface area contributed by atoms with Crippen LogP contribution in [0.15, 0.2) is 12.1 Å². The van der Waals surface area contributed by atoms with Crippen LogP contribution in [0.5, 0.6) is 11.5 Å². The Bertz CT molecular complexity index is 267. The smallest absolute Gasteiger partial charge is 0.160 e. The number of rotatable bonds is 1. The second-order valence-electron chi connectivity index (χ2n) is 2.57. The molecule has 0 unspecified atom stereocenters. The second kappa shape index (κ2) is 2.82. The average molecular weight is 152 g/mol. The van der Waals surface area contributed by atoms with E-state index in [-0.39, 0.29) is 11.5 Å². The molecule has 2 nitrogen and oxygen atoms in total. The van der Waals surface area contributed by atoms with E-state index < -0.39 is 0 Å². The van der Waals surface area contributed by atoms with Gasteiger partial charge in [0.1, 0.15) is 0 Å². The fourth-order valence-corrected chi connectivity index (χ4v) is 1.11. The van der Waals surface area contributed by atoms with Gasteiger partial charge in [0.05, 0.1) is 0 Å². The lowest BCUT2D eigenvalue weighted by molar-refractivity contribution is 0.400. The Labute approximate surface area is 66.1 Å². The van der Waals surface area contributed by atoms with Gasteiger partial charge in [-0.25, -0.2) is 0 Å². The lowest BCUT2D eigenvalue weighted by Crippen LogP contribution is -1.86. The maximum atomic E-state index is 9.27. The minimum atomic E-state index is -0.0419. The van der Waals surface area contributed by atoms with Gasteiger partial charge < -0.3 is 10.2 Å². The maximum Gasteiger partial charge on any atom is 0.160 e. The van der Waals surface area contributed by atoms with Crippen LogP contribution in [0.1, 0.15) is 18.1 Å². The Morgan fingerprint density at radius 2 is 1.91 bits per heavy atom. The van der Waals surface area contributed by atoms with E-state index in [2.05, 4.69) is 0 Å². The van der Waals surface area contributed by atoms with Crippen molar-refractivity contribution in [1.82, 2.24) is 0 Å². The van der Waals surface area contributed by atoms with Crippen molar-refractivity contribution in [3.63, 3.8) is 0 Å². The van der Waals surface area contributed by atoms with Crippen molar-refractivity contribution in [3.8, 4) is 11.5 Å². The molecule has 11 heavy (non-hydrogen) atoms. The molecular weight excluding hydrogens is 140 g/mol. The van der Waals surface area contributed by atoms with Gasteiger partial charge >= 0.3 is 0 Å². The molecule has 0 amide bonds. The number of hydrogen-bond donors (Lipinski definition) is 2. The minimum absolute atomic E-state index is 0.00403. The van der Waals surface area contributed by atoms with E-state index in [0.29, 0.717) is 0 Å². The maximum absolute atomic E-state index is 9.27. The first-order valence-electron chi connectivity index (χ1n) is 3.67. The van der Waals surface area contributed by atoms with Crippen molar-refractivity contribution < 1.29 is 10.2 Å². The number of phenolic OH excluding ortho intramolecular Hbond substituents is 2. The molecule has 0 aliphatic carbocycles. The lowest BCUT2D eigenvalue weighted by atomic mass is 10.1. The van der Waals surface area contributed by atoms with E-state index in [1.165, 1.54) is 6.07 Å². The van der Waals surface area contributed by atoms with Gasteiger partial charge in [-0.05, 0) is 30.5 Å². The summed E-state index contributed by atoms with van der Waals surface area (Å²) in [7, 11) is 0. The highest BCUT2D eigenvalue weighted by Crippen LogP contribution is 2.30. The summed E-state index contributed by atoms with van der Waals surface area (Å²) in [6.07, 6.45) is 0.875. The van der Waals surface area contributed by atoms with Crippen LogP contribution < -0.4 is 0 Å². The van der Waals surface area contributed by atoms with Crippen molar-refractivity contribution in [2.45, 2.75) is 20.3 Å². The summed E-state index contributed by atoms with van der Waals surface area (Å²) in [5.41, 5.74) is 1.84. The molecule has 0 saturated carbocycles. The predicted octanol–water partition coefficient (Wildman–Crippen LogP) is 1.97. The molecule has 0 fully saturated rings. The van der Waals surface area contributed by atoms with Gasteiger partial charge in [0.15, 0.2) is 11.5 Å². The fraction of sp³-hybridized carbons (Fsp3) is 0.333. The van der Waals surface area contributed by atoms with Crippen LogP contribution in [0.3, 0.4) is 0 Å². The molecule has 0 aliphatic heterocycles. The first-order valence-corrected chi connectivity index (χ1v) is 3.67. The van der Waals surface area contributed by atoms with Gasteiger partial charge in [0.2, 0.25) is 0 Å². The highest BCUT2D eigenvalue weighted by molar-refractivity contribution is 5.47. The van der Waals surface area contributed by atoms with Crippen molar-refractivity contribution in [2.75, 3.05) is 0 Å². The van der Waals surface area contributed by atoms with E-state index in [9.17, 15) is 5.11 Å². The predicted molar refractivity (Wildman–Crippen MR) is 43.9 cm³/mol. The topological polar surface area (TPSA) is 40.5 Å². The molecule has 1 rings (SSSR count). The van der Waals surface area contributed by atoms with E-state index in [4.69, 9.17) is 5.11 Å². The summed E-state index contributed by atoms with van der Waals surface area (Å²) in [5.74, 6) is -0.0379. The Kier molecular flexibility index (Phi) is 2.03. The summed E-state index contributed by atoms with van der Waals surface area (Å²) in [6.45, 7) is 3.81. The van der Waals surface area contributed by atoms with Gasteiger partial charge in [-0.3, -0.25) is 0 Å². The molecule has 2 heteroatoms. The van der Waals surface area contributed by atoms with Crippen LogP contribution in [0.2, 0.25) is 0 Å². The molecule has 0 atom stereocenters. The van der Waals surface area contributed by atoms with Gasteiger partial charge in [-0.1, -0.05) is 13.0 Å². The normalized spacial score (nSPS) is 10.0. The molecule has 0 heterocycles. The van der Waals surface area contributed by atoms with Crippen LogP contribution >= 0.6 is 0 Å². The van der Waals surface area contributed by atoms with E-state index in [1.54, 1.807) is 6.92 Å². The van der Waals surface area contributed by atoms with Gasteiger partial charge in [0.25, 0.3) is 0 Å². The van der Waals surface area contributed by atoms with Crippen LogP contribution in [0.25, 0.3) is 0 Å². The van der Waals surface area contributed by atoms with E-state index >= 15 is 0 Å². The minimum Gasteiger partial charge on any atom is -0.504 e. The standard InChI is InChI=1S/C9H12O2/c1-3-7-4-5-8(10)9(11)6(7)2/h4-5,10-11H,3H2,1-2H3. The molecular formula is C9H12O2. The van der Waals surface area contributed by atoms with Crippen LogP contribution in [0.4, 0.5) is 0 Å². The molecule has 0 saturated heterocycles. The zero-order valence-corrected chi connectivity index (χ0v) is 6.76. The molecule has 0 radical (unpaired) electrons. The van der Waals surface area contributed by atoms with Crippen molar-refractivity contribution >= 4 is 0 Å². The zero-order valence-electron chi connectivity index (χ0n) is 6.76. The first kappa shape index (κ1) is 7.92. The Morgan fingerprint density at radius 3 is 2.45 bits per heavy atom. The lowest BCUT2D eigenvalue weighted by Gasteiger charge is -2.05. The molecule has 0 aliphatic rings. The highest BCUT2D eigenvalue weighted by Gasteiger charge is 2.05. The van der Waals surface area contributed by atoms with Crippen LogP contribution in [0, 0.1) is 6.92 Å². The number of benzene rings is 1. The second-order valence-corrected chi connectivity index (χ2v) is 2.57. The summed E-state index contributed by atoms with van der Waals surface area (Å²) in [4.78, 5) is 0. The third-order valence-corrected chi connectivity index (χ3v) is 1.90. The average Bonchev–Trinajstić information content (AvgIpc) is 2.01. The van der Waals surface area contributed by atoms with Gasteiger partial charge in [-0.15, -0.1) is 0 Å². The van der Waals surface area contributed by atoms with Crippen LogP contribution in [-0.2, 0) is 6.42 Å². The highest BCUT2D eigenvalue weighted by atomic mass is 16.3. The van der Waals surface area contributed by atoms with Gasteiger partial charge in [0, 0.05) is 0 Å². The molecule has 0 aromatic heterocycles.